The molecule has 0 atom stereocenters. The van der Waals surface area contributed by atoms with Gasteiger partial charge in [-0.05, 0) is 26.1 Å². The first-order valence-electron chi connectivity index (χ1n) is 5.07. The van der Waals surface area contributed by atoms with Gasteiger partial charge in [-0.2, -0.15) is 0 Å². The molecule has 0 aromatic carbocycles. The molecule has 0 aliphatic heterocycles. The summed E-state index contributed by atoms with van der Waals surface area (Å²) in [6.07, 6.45) is 5.54. The van der Waals surface area contributed by atoms with Crippen LogP contribution in [0.1, 0.15) is 47.9 Å². The van der Waals surface area contributed by atoms with Gasteiger partial charge in [0.15, 0.2) is 0 Å². The van der Waals surface area contributed by atoms with E-state index in [1.807, 2.05) is 0 Å². The maximum Gasteiger partial charge on any atom is 1.00 e. The van der Waals surface area contributed by atoms with E-state index in [1.165, 1.54) is 45.3 Å². The van der Waals surface area contributed by atoms with E-state index in [-0.39, 0.29) is 20.3 Å². The second kappa shape index (κ2) is 11.6. The van der Waals surface area contributed by atoms with Crippen LogP contribution in [-0.4, -0.2) is 24.5 Å². The van der Waals surface area contributed by atoms with Crippen molar-refractivity contribution < 1.29 is 20.3 Å². The molecule has 0 amide bonds. The maximum absolute atomic E-state index is 2.50. The van der Waals surface area contributed by atoms with Crippen LogP contribution in [0.25, 0.3) is 0 Å². The largest absolute Gasteiger partial charge is 1.00 e. The molecule has 0 bridgehead atoms. The number of rotatable bonds is 7. The minimum Gasteiger partial charge on any atom is -1.00 e. The SMILES string of the molecule is CCCCCCN(CC)CC.[H-].[Li+]. The minimum atomic E-state index is 0. The van der Waals surface area contributed by atoms with Gasteiger partial charge in [-0.15, -0.1) is 0 Å². The molecule has 1 nitrogen and oxygen atoms in total. The van der Waals surface area contributed by atoms with E-state index in [0.29, 0.717) is 0 Å². The van der Waals surface area contributed by atoms with Gasteiger partial charge in [0.05, 0.1) is 0 Å². The van der Waals surface area contributed by atoms with Gasteiger partial charge in [0.2, 0.25) is 0 Å². The summed E-state index contributed by atoms with van der Waals surface area (Å²) in [4.78, 5) is 2.50. The van der Waals surface area contributed by atoms with Crippen LogP contribution in [0.2, 0.25) is 0 Å². The summed E-state index contributed by atoms with van der Waals surface area (Å²) in [5, 5.41) is 0. The Morgan fingerprint density at radius 2 is 1.50 bits per heavy atom. The number of unbranched alkanes of at least 4 members (excludes halogenated alkanes) is 3. The molecule has 0 aromatic rings. The van der Waals surface area contributed by atoms with Crippen molar-refractivity contribution in [1.82, 2.24) is 4.90 Å². The molecule has 0 aromatic heterocycles. The van der Waals surface area contributed by atoms with Crippen molar-refractivity contribution in [2.75, 3.05) is 19.6 Å². The van der Waals surface area contributed by atoms with Gasteiger partial charge in [-0.3, -0.25) is 0 Å². The molecule has 0 heterocycles. The van der Waals surface area contributed by atoms with Gasteiger partial charge >= 0.3 is 18.9 Å². The van der Waals surface area contributed by atoms with Crippen molar-refractivity contribution >= 4 is 0 Å². The monoisotopic (exact) mass is 165 g/mol. The summed E-state index contributed by atoms with van der Waals surface area (Å²) < 4.78 is 0. The smallest absolute Gasteiger partial charge is 1.00 e. The molecule has 70 valence electrons. The molecule has 2 heteroatoms. The topological polar surface area (TPSA) is 3.24 Å². The summed E-state index contributed by atoms with van der Waals surface area (Å²) >= 11 is 0. The molecule has 12 heavy (non-hydrogen) atoms. The standard InChI is InChI=1S/C10H23N.Li.H/c1-4-7-8-9-10-11(5-2)6-3;;/h4-10H2,1-3H3;;/q;+1;-1. The Morgan fingerprint density at radius 3 is 1.92 bits per heavy atom. The quantitative estimate of drug-likeness (QED) is 0.380. The third-order valence-electron chi connectivity index (χ3n) is 2.22. The van der Waals surface area contributed by atoms with Crippen LogP contribution >= 0.6 is 0 Å². The normalized spacial score (nSPS) is 10.0. The average molecular weight is 165 g/mol. The minimum absolute atomic E-state index is 0. The van der Waals surface area contributed by atoms with E-state index >= 15 is 0 Å². The molecular weight excluding hydrogens is 141 g/mol. The first-order valence-corrected chi connectivity index (χ1v) is 5.07. The Bertz CT molecular complexity index is 77.3. The van der Waals surface area contributed by atoms with Crippen LogP contribution in [0.15, 0.2) is 0 Å². The summed E-state index contributed by atoms with van der Waals surface area (Å²) in [5.41, 5.74) is 0. The van der Waals surface area contributed by atoms with Gasteiger partial charge in [-0.25, -0.2) is 0 Å². The molecule has 0 N–H and O–H groups in total. The van der Waals surface area contributed by atoms with Gasteiger partial charge in [0.25, 0.3) is 0 Å². The fraction of sp³-hybridized carbons (Fsp3) is 1.00. The zero-order valence-corrected chi connectivity index (χ0v) is 9.40. The van der Waals surface area contributed by atoms with Crippen LogP contribution in [0, 0.1) is 0 Å². The van der Waals surface area contributed by atoms with E-state index in [1.54, 1.807) is 0 Å². The molecule has 0 aliphatic carbocycles. The predicted octanol–water partition coefficient (Wildman–Crippen LogP) is 0.0250. The molecule has 0 saturated carbocycles. The third-order valence-corrected chi connectivity index (χ3v) is 2.22. The molecule has 0 rings (SSSR count). The summed E-state index contributed by atoms with van der Waals surface area (Å²) in [6.45, 7) is 10.5. The van der Waals surface area contributed by atoms with E-state index in [2.05, 4.69) is 25.7 Å². The zero-order chi connectivity index (χ0) is 8.53. The van der Waals surface area contributed by atoms with Crippen molar-refractivity contribution in [2.45, 2.75) is 46.5 Å². The van der Waals surface area contributed by atoms with Crippen molar-refractivity contribution in [2.24, 2.45) is 0 Å². The Hall–Kier alpha value is 0.557. The van der Waals surface area contributed by atoms with Crippen LogP contribution < -0.4 is 18.9 Å². The molecule has 0 fully saturated rings. The van der Waals surface area contributed by atoms with E-state index in [4.69, 9.17) is 0 Å². The van der Waals surface area contributed by atoms with Crippen molar-refractivity contribution in [3.8, 4) is 0 Å². The van der Waals surface area contributed by atoms with Gasteiger partial charge in [-0.1, -0.05) is 40.0 Å². The van der Waals surface area contributed by atoms with Crippen LogP contribution in [0.3, 0.4) is 0 Å². The number of hydrogen-bond acceptors (Lipinski definition) is 1. The Kier molecular flexibility index (Phi) is 14.5. The molecule has 0 unspecified atom stereocenters. The maximum atomic E-state index is 2.50. The fourth-order valence-electron chi connectivity index (χ4n) is 1.30. The molecular formula is C10H24LiN. The van der Waals surface area contributed by atoms with Crippen LogP contribution in [-0.2, 0) is 0 Å². The van der Waals surface area contributed by atoms with E-state index in [9.17, 15) is 0 Å². The van der Waals surface area contributed by atoms with Crippen molar-refractivity contribution in [3.05, 3.63) is 0 Å². The van der Waals surface area contributed by atoms with Gasteiger partial charge < -0.3 is 6.33 Å². The second-order valence-electron chi connectivity index (χ2n) is 3.09. The predicted molar refractivity (Wildman–Crippen MR) is 53.0 cm³/mol. The van der Waals surface area contributed by atoms with Crippen LogP contribution in [0.4, 0.5) is 0 Å². The number of hydrogen-bond donors (Lipinski definition) is 0. The van der Waals surface area contributed by atoms with Gasteiger partial charge in [0, 0.05) is 0 Å². The van der Waals surface area contributed by atoms with Crippen LogP contribution in [0.5, 0.6) is 0 Å². The van der Waals surface area contributed by atoms with E-state index in [0.717, 1.165) is 0 Å². The first-order chi connectivity index (χ1) is 5.35. The van der Waals surface area contributed by atoms with E-state index < -0.39 is 0 Å². The van der Waals surface area contributed by atoms with Gasteiger partial charge in [0.1, 0.15) is 0 Å². The average Bonchev–Trinajstić information content (AvgIpc) is 2.05. The van der Waals surface area contributed by atoms with Crippen molar-refractivity contribution in [3.63, 3.8) is 0 Å². The summed E-state index contributed by atoms with van der Waals surface area (Å²) in [5.74, 6) is 0. The first kappa shape index (κ1) is 15.0. The molecule has 0 spiro atoms. The Labute approximate surface area is 91.6 Å². The molecule has 0 radical (unpaired) electrons. The molecule has 0 aliphatic rings. The van der Waals surface area contributed by atoms with Crippen molar-refractivity contribution in [1.29, 1.82) is 0 Å². The zero-order valence-electron chi connectivity index (χ0n) is 10.4. The third kappa shape index (κ3) is 8.65. The molecule has 0 saturated heterocycles. The fourth-order valence-corrected chi connectivity index (χ4v) is 1.30. The Balaban J connectivity index is -0.000000500. The Morgan fingerprint density at radius 1 is 0.917 bits per heavy atom. The second-order valence-corrected chi connectivity index (χ2v) is 3.09. The summed E-state index contributed by atoms with van der Waals surface area (Å²) in [7, 11) is 0. The number of nitrogens with zero attached hydrogens (tertiary/aromatic N) is 1. The summed E-state index contributed by atoms with van der Waals surface area (Å²) in [6, 6.07) is 0.